The molecule has 3 aromatic rings. The average molecular weight is 500 g/mol. The quantitative estimate of drug-likeness (QED) is 0.410. The number of aryl methyl sites for hydroxylation is 3. The van der Waals surface area contributed by atoms with Crippen LogP contribution in [0.2, 0.25) is 5.02 Å². The van der Waals surface area contributed by atoms with Crippen LogP contribution in [0.5, 0.6) is 11.5 Å². The molecule has 2 aromatic carbocycles. The number of rotatable bonds is 10. The third-order valence-electron chi connectivity index (χ3n) is 6.43. The van der Waals surface area contributed by atoms with E-state index in [0.29, 0.717) is 43.4 Å². The molecule has 1 aliphatic heterocycles. The van der Waals surface area contributed by atoms with Gasteiger partial charge in [-0.1, -0.05) is 23.7 Å². The Labute approximate surface area is 211 Å². The number of halogens is 1. The molecule has 1 aliphatic rings. The maximum atomic E-state index is 11.2. The van der Waals surface area contributed by atoms with Gasteiger partial charge in [0.1, 0.15) is 23.7 Å². The molecule has 35 heavy (non-hydrogen) atoms. The molecule has 0 aliphatic carbocycles. The zero-order valence-electron chi connectivity index (χ0n) is 20.4. The highest BCUT2D eigenvalue weighted by atomic mass is 35.5. The van der Waals surface area contributed by atoms with Gasteiger partial charge in [-0.05, 0) is 67.6 Å². The van der Waals surface area contributed by atoms with E-state index < -0.39 is 11.7 Å². The van der Waals surface area contributed by atoms with Gasteiger partial charge in [-0.3, -0.25) is 4.90 Å². The highest BCUT2D eigenvalue weighted by Crippen LogP contribution is 2.29. The van der Waals surface area contributed by atoms with E-state index in [0.717, 1.165) is 35.4 Å². The lowest BCUT2D eigenvalue weighted by molar-refractivity contribution is -0.140. The minimum absolute atomic E-state index is 0.00520. The van der Waals surface area contributed by atoms with Crippen molar-refractivity contribution in [2.24, 2.45) is 0 Å². The number of nitrogens with zero attached hydrogens (tertiary/aromatic N) is 3. The van der Waals surface area contributed by atoms with E-state index in [1.165, 1.54) is 0 Å². The Bertz CT molecular complexity index is 1080. The van der Waals surface area contributed by atoms with Crippen LogP contribution in [0.25, 0.3) is 0 Å². The summed E-state index contributed by atoms with van der Waals surface area (Å²) in [5.41, 5.74) is 1.58. The summed E-state index contributed by atoms with van der Waals surface area (Å²) in [5, 5.41) is 22.5. The van der Waals surface area contributed by atoms with Crippen LogP contribution in [-0.4, -0.2) is 62.7 Å². The predicted molar refractivity (Wildman–Crippen MR) is 136 cm³/mol. The number of imidazole rings is 1. The first kappa shape index (κ1) is 25.5. The minimum atomic E-state index is -1.36. The Morgan fingerprint density at radius 2 is 1.94 bits per heavy atom. The lowest BCUT2D eigenvalue weighted by Crippen LogP contribution is -2.59. The molecule has 8 heteroatoms. The van der Waals surface area contributed by atoms with Gasteiger partial charge in [0.15, 0.2) is 0 Å². The van der Waals surface area contributed by atoms with Crippen LogP contribution in [0.15, 0.2) is 55.1 Å². The van der Waals surface area contributed by atoms with Crippen LogP contribution in [-0.2, 0) is 13.1 Å². The fourth-order valence-corrected chi connectivity index (χ4v) is 4.58. The van der Waals surface area contributed by atoms with Gasteiger partial charge in [0.2, 0.25) is 0 Å². The highest BCUT2D eigenvalue weighted by Gasteiger charge is 2.42. The standard InChI is InChI=1S/C27H34ClN3O4/c1-20-13-24(14-21(2)26(20)28)35-18-27(33)17-31(10-7-25(27)32)16-22-5-3-6-23(15-22)34-12-4-9-30-11-8-29-19-30/h3,5-6,8,11,13-15,19,25,32-33H,4,7,9-10,12,16-18H2,1-2H3/t25-,27-/m0/s1. The van der Waals surface area contributed by atoms with Crippen molar-refractivity contribution in [3.8, 4) is 11.5 Å². The van der Waals surface area contributed by atoms with Crippen molar-refractivity contribution in [2.45, 2.75) is 51.5 Å². The second-order valence-corrected chi connectivity index (χ2v) is 9.81. The molecule has 0 amide bonds. The number of hydrogen-bond acceptors (Lipinski definition) is 6. The van der Waals surface area contributed by atoms with Crippen molar-refractivity contribution in [1.29, 1.82) is 0 Å². The number of aliphatic hydroxyl groups excluding tert-OH is 1. The molecule has 1 saturated heterocycles. The zero-order chi connectivity index (χ0) is 24.8. The van der Waals surface area contributed by atoms with Crippen molar-refractivity contribution < 1.29 is 19.7 Å². The number of aromatic nitrogens is 2. The molecule has 2 N–H and O–H groups in total. The van der Waals surface area contributed by atoms with E-state index in [2.05, 4.69) is 16.0 Å². The van der Waals surface area contributed by atoms with Gasteiger partial charge < -0.3 is 24.3 Å². The van der Waals surface area contributed by atoms with E-state index in [9.17, 15) is 10.2 Å². The van der Waals surface area contributed by atoms with Gasteiger partial charge in [-0.25, -0.2) is 4.98 Å². The number of piperidine rings is 1. The SMILES string of the molecule is Cc1cc(OC[C@@]2(O)CN(Cc3cccc(OCCCn4ccnc4)c3)CC[C@@H]2O)cc(C)c1Cl. The number of aliphatic hydroxyl groups is 2. The molecule has 0 spiro atoms. The van der Waals surface area contributed by atoms with E-state index >= 15 is 0 Å². The van der Waals surface area contributed by atoms with Crippen LogP contribution >= 0.6 is 11.6 Å². The number of hydrogen-bond donors (Lipinski definition) is 2. The zero-order valence-corrected chi connectivity index (χ0v) is 21.1. The highest BCUT2D eigenvalue weighted by molar-refractivity contribution is 6.32. The van der Waals surface area contributed by atoms with Crippen molar-refractivity contribution in [3.63, 3.8) is 0 Å². The fourth-order valence-electron chi connectivity index (χ4n) is 4.47. The molecular weight excluding hydrogens is 466 g/mol. The molecule has 7 nitrogen and oxygen atoms in total. The van der Waals surface area contributed by atoms with Gasteiger partial charge in [-0.15, -0.1) is 0 Å². The number of β-amino-alcohol motifs (C(OH)–C–C–N with tert-alkyl or cyclic N) is 1. The topological polar surface area (TPSA) is 80.0 Å². The Balaban J connectivity index is 1.31. The molecule has 2 heterocycles. The van der Waals surface area contributed by atoms with E-state index in [-0.39, 0.29) is 6.61 Å². The summed E-state index contributed by atoms with van der Waals surface area (Å²) < 4.78 is 13.9. The van der Waals surface area contributed by atoms with Crippen molar-refractivity contribution in [3.05, 3.63) is 76.8 Å². The molecule has 4 rings (SSSR count). The minimum Gasteiger partial charge on any atom is -0.494 e. The molecule has 188 valence electrons. The predicted octanol–water partition coefficient (Wildman–Crippen LogP) is 4.00. The summed E-state index contributed by atoms with van der Waals surface area (Å²) in [5.74, 6) is 1.47. The second kappa shape index (κ2) is 11.4. The molecular formula is C27H34ClN3O4. The number of ether oxygens (including phenoxy) is 2. The van der Waals surface area contributed by atoms with Gasteiger partial charge in [0, 0.05) is 43.6 Å². The largest absolute Gasteiger partial charge is 0.494 e. The molecule has 1 fully saturated rings. The van der Waals surface area contributed by atoms with E-state index in [1.54, 1.807) is 12.5 Å². The molecule has 2 atom stereocenters. The van der Waals surface area contributed by atoms with Gasteiger partial charge >= 0.3 is 0 Å². The molecule has 0 saturated carbocycles. The van der Waals surface area contributed by atoms with E-state index in [4.69, 9.17) is 21.1 Å². The van der Waals surface area contributed by atoms with Crippen LogP contribution < -0.4 is 9.47 Å². The fraction of sp³-hybridized carbons (Fsp3) is 0.444. The monoisotopic (exact) mass is 499 g/mol. The first-order chi connectivity index (χ1) is 16.8. The summed E-state index contributed by atoms with van der Waals surface area (Å²) in [6.45, 7) is 7.00. The van der Waals surface area contributed by atoms with Gasteiger partial charge in [0.25, 0.3) is 0 Å². The van der Waals surface area contributed by atoms with Crippen molar-refractivity contribution in [2.75, 3.05) is 26.3 Å². The van der Waals surface area contributed by atoms with Crippen LogP contribution in [0, 0.1) is 13.8 Å². The first-order valence-electron chi connectivity index (χ1n) is 12.0. The lowest BCUT2D eigenvalue weighted by Gasteiger charge is -2.42. The maximum Gasteiger partial charge on any atom is 0.137 e. The number of benzene rings is 2. The molecule has 0 radical (unpaired) electrons. The Morgan fingerprint density at radius 3 is 2.69 bits per heavy atom. The summed E-state index contributed by atoms with van der Waals surface area (Å²) in [6, 6.07) is 11.7. The summed E-state index contributed by atoms with van der Waals surface area (Å²) in [7, 11) is 0. The molecule has 0 bridgehead atoms. The second-order valence-electron chi connectivity index (χ2n) is 9.43. The Morgan fingerprint density at radius 1 is 1.14 bits per heavy atom. The van der Waals surface area contributed by atoms with Crippen molar-refractivity contribution >= 4 is 11.6 Å². The van der Waals surface area contributed by atoms with Crippen molar-refractivity contribution in [1.82, 2.24) is 14.5 Å². The molecule has 1 aromatic heterocycles. The third-order valence-corrected chi connectivity index (χ3v) is 7.02. The maximum absolute atomic E-state index is 11.2. The summed E-state index contributed by atoms with van der Waals surface area (Å²) in [6.07, 6.45) is 6.04. The normalized spacial score (nSPS) is 20.7. The Hall–Kier alpha value is -2.58. The summed E-state index contributed by atoms with van der Waals surface area (Å²) in [4.78, 5) is 6.19. The smallest absolute Gasteiger partial charge is 0.137 e. The first-order valence-corrected chi connectivity index (χ1v) is 12.4. The van der Waals surface area contributed by atoms with Crippen LogP contribution in [0.4, 0.5) is 0 Å². The Kier molecular flexibility index (Phi) is 8.34. The van der Waals surface area contributed by atoms with Crippen LogP contribution in [0.1, 0.15) is 29.5 Å². The van der Waals surface area contributed by atoms with Crippen LogP contribution in [0.3, 0.4) is 0 Å². The van der Waals surface area contributed by atoms with Gasteiger partial charge in [0.05, 0.1) is 19.0 Å². The third kappa shape index (κ3) is 6.76. The average Bonchev–Trinajstić information content (AvgIpc) is 3.35. The lowest BCUT2D eigenvalue weighted by atomic mass is 9.90. The molecule has 0 unspecified atom stereocenters. The van der Waals surface area contributed by atoms with Gasteiger partial charge in [-0.2, -0.15) is 0 Å². The number of likely N-dealkylation sites (tertiary alicyclic amines) is 1. The summed E-state index contributed by atoms with van der Waals surface area (Å²) >= 11 is 6.25. The van der Waals surface area contributed by atoms with E-state index in [1.807, 2.05) is 54.9 Å².